The summed E-state index contributed by atoms with van der Waals surface area (Å²) >= 11 is 0. The highest BCUT2D eigenvalue weighted by molar-refractivity contribution is 6.04. The molecule has 0 bridgehead atoms. The number of ether oxygens (including phenoxy) is 1. The molecule has 2 aromatic carbocycles. The Hall–Kier alpha value is -3.65. The number of amides is 1. The van der Waals surface area contributed by atoms with Crippen LogP contribution in [0.4, 0.5) is 14.6 Å². The number of hydrogen-bond acceptors (Lipinski definition) is 5. The summed E-state index contributed by atoms with van der Waals surface area (Å²) in [6.45, 7) is 3.43. The molecule has 0 saturated carbocycles. The number of aliphatic hydroxyl groups is 1. The number of carbonyl (C=O) groups is 1. The number of nitrogens with zero attached hydrogens (tertiary/aromatic N) is 2. The van der Waals surface area contributed by atoms with Crippen molar-refractivity contribution in [3.05, 3.63) is 88.9 Å². The van der Waals surface area contributed by atoms with E-state index in [1.54, 1.807) is 13.0 Å². The van der Waals surface area contributed by atoms with Crippen molar-refractivity contribution in [2.45, 2.75) is 19.4 Å². The summed E-state index contributed by atoms with van der Waals surface area (Å²) in [7, 11) is 0. The summed E-state index contributed by atoms with van der Waals surface area (Å²) < 4.78 is 33.6. The third-order valence-electron chi connectivity index (χ3n) is 4.96. The maximum atomic E-state index is 13.8. The number of aryl methyl sites for hydroxylation is 1. The highest BCUT2D eigenvalue weighted by Gasteiger charge is 2.32. The largest absolute Gasteiger partial charge is 0.480 e. The summed E-state index contributed by atoms with van der Waals surface area (Å²) in [5.74, 6) is -2.21. The Bertz CT molecular complexity index is 1170. The normalized spacial score (nSPS) is 17.4. The second kappa shape index (κ2) is 7.88. The highest BCUT2D eigenvalue weighted by Crippen LogP contribution is 2.40. The number of halogens is 2. The molecule has 1 aliphatic heterocycles. The molecule has 2 N–H and O–H groups in total. The van der Waals surface area contributed by atoms with Crippen LogP contribution in [-0.2, 0) is 0 Å². The number of carbonyl (C=O) groups excluding carboxylic acids is 1. The van der Waals surface area contributed by atoms with E-state index < -0.39 is 28.7 Å². The molecule has 1 amide bonds. The summed E-state index contributed by atoms with van der Waals surface area (Å²) in [4.78, 5) is 20.8. The molecule has 1 aromatic heterocycles. The van der Waals surface area contributed by atoms with Gasteiger partial charge in [0.2, 0.25) is 0 Å². The van der Waals surface area contributed by atoms with E-state index >= 15 is 0 Å². The fraction of sp³-hybridized carbons (Fsp3) is 0.174. The van der Waals surface area contributed by atoms with Crippen molar-refractivity contribution >= 4 is 17.3 Å². The Balaban J connectivity index is 1.65. The maximum Gasteiger partial charge on any atom is 0.262 e. The van der Waals surface area contributed by atoms with Crippen LogP contribution in [-0.4, -0.2) is 33.2 Å². The van der Waals surface area contributed by atoms with Gasteiger partial charge < -0.3 is 15.2 Å². The SMILES string of the molecule is Cc1cccc2c1OC(C)(CO)C=C2c1cnc(NC(=O)c2c(F)cccc2F)cn1. The van der Waals surface area contributed by atoms with Gasteiger partial charge in [0, 0.05) is 11.1 Å². The predicted molar refractivity (Wildman–Crippen MR) is 111 cm³/mol. The zero-order chi connectivity index (χ0) is 22.2. The topological polar surface area (TPSA) is 84.3 Å². The highest BCUT2D eigenvalue weighted by atomic mass is 19.1. The van der Waals surface area contributed by atoms with Crippen molar-refractivity contribution in [3.63, 3.8) is 0 Å². The fourth-order valence-electron chi connectivity index (χ4n) is 3.36. The molecule has 4 rings (SSSR count). The molecule has 31 heavy (non-hydrogen) atoms. The van der Waals surface area contributed by atoms with Crippen LogP contribution < -0.4 is 10.1 Å². The summed E-state index contributed by atoms with van der Waals surface area (Å²) in [6.07, 6.45) is 4.51. The second-order valence-corrected chi connectivity index (χ2v) is 7.42. The van der Waals surface area contributed by atoms with Crippen LogP contribution in [0.2, 0.25) is 0 Å². The van der Waals surface area contributed by atoms with Crippen LogP contribution in [0.25, 0.3) is 5.57 Å². The van der Waals surface area contributed by atoms with Gasteiger partial charge in [0.1, 0.15) is 28.5 Å². The van der Waals surface area contributed by atoms with Gasteiger partial charge in [-0.1, -0.05) is 24.3 Å². The van der Waals surface area contributed by atoms with E-state index in [-0.39, 0.29) is 12.4 Å². The summed E-state index contributed by atoms with van der Waals surface area (Å²) in [6, 6.07) is 8.86. The van der Waals surface area contributed by atoms with E-state index in [1.165, 1.54) is 18.5 Å². The molecule has 1 unspecified atom stereocenters. The quantitative estimate of drug-likeness (QED) is 0.665. The molecular formula is C23H19F2N3O3. The molecule has 0 radical (unpaired) electrons. The molecule has 0 aliphatic carbocycles. The molecule has 1 atom stereocenters. The number of aliphatic hydroxyl groups excluding tert-OH is 1. The Labute approximate surface area is 177 Å². The van der Waals surface area contributed by atoms with E-state index in [1.807, 2.05) is 25.1 Å². The number of hydrogen-bond donors (Lipinski definition) is 2. The first-order chi connectivity index (χ1) is 14.8. The summed E-state index contributed by atoms with van der Waals surface area (Å²) in [5.41, 5.74) is 1.28. The standard InChI is InChI=1S/C23H19F2N3O3/c1-13-5-3-6-14-15(9-23(2,12-29)31-21(13)14)18-10-27-19(11-26-18)28-22(30)20-16(24)7-4-8-17(20)25/h3-11,29H,12H2,1-2H3,(H,27,28,30). The molecule has 2 heterocycles. The van der Waals surface area contributed by atoms with Crippen molar-refractivity contribution in [2.24, 2.45) is 0 Å². The van der Waals surface area contributed by atoms with Gasteiger partial charge in [0.05, 0.1) is 24.7 Å². The van der Waals surface area contributed by atoms with Crippen LogP contribution in [0.3, 0.4) is 0 Å². The number of benzene rings is 2. The first kappa shape index (κ1) is 20.6. The zero-order valence-corrected chi connectivity index (χ0v) is 16.8. The lowest BCUT2D eigenvalue weighted by Crippen LogP contribution is -2.37. The third kappa shape index (κ3) is 3.89. The van der Waals surface area contributed by atoms with E-state index in [2.05, 4.69) is 15.3 Å². The number of anilines is 1. The fourth-order valence-corrected chi connectivity index (χ4v) is 3.36. The second-order valence-electron chi connectivity index (χ2n) is 7.42. The Morgan fingerprint density at radius 2 is 1.84 bits per heavy atom. The third-order valence-corrected chi connectivity index (χ3v) is 4.96. The van der Waals surface area contributed by atoms with Crippen LogP contribution >= 0.6 is 0 Å². The van der Waals surface area contributed by atoms with Gasteiger partial charge in [-0.05, 0) is 37.6 Å². The minimum Gasteiger partial charge on any atom is -0.480 e. The van der Waals surface area contributed by atoms with E-state index in [0.717, 1.165) is 23.3 Å². The molecule has 0 spiro atoms. The monoisotopic (exact) mass is 423 g/mol. The summed E-state index contributed by atoms with van der Waals surface area (Å²) in [5, 5.41) is 12.2. The first-order valence-electron chi connectivity index (χ1n) is 9.52. The number of nitrogens with one attached hydrogen (secondary N) is 1. The predicted octanol–water partition coefficient (Wildman–Crippen LogP) is 3.89. The lowest BCUT2D eigenvalue weighted by atomic mass is 9.91. The lowest BCUT2D eigenvalue weighted by Gasteiger charge is -2.33. The Morgan fingerprint density at radius 1 is 1.13 bits per heavy atom. The molecular weight excluding hydrogens is 404 g/mol. The van der Waals surface area contributed by atoms with Crippen molar-refractivity contribution in [2.75, 3.05) is 11.9 Å². The van der Waals surface area contributed by atoms with Gasteiger partial charge >= 0.3 is 0 Å². The van der Waals surface area contributed by atoms with Gasteiger partial charge in [0.25, 0.3) is 5.91 Å². The molecule has 0 fully saturated rings. The number of aromatic nitrogens is 2. The van der Waals surface area contributed by atoms with Gasteiger partial charge in [-0.15, -0.1) is 0 Å². The smallest absolute Gasteiger partial charge is 0.262 e. The first-order valence-corrected chi connectivity index (χ1v) is 9.52. The number of rotatable bonds is 4. The van der Waals surface area contributed by atoms with Gasteiger partial charge in [-0.3, -0.25) is 9.78 Å². The Kier molecular flexibility index (Phi) is 5.24. The van der Waals surface area contributed by atoms with Crippen molar-refractivity contribution in [3.8, 4) is 5.75 Å². The maximum absolute atomic E-state index is 13.8. The van der Waals surface area contributed by atoms with Gasteiger partial charge in [0.15, 0.2) is 5.82 Å². The number of para-hydroxylation sites is 1. The minimum atomic E-state index is -0.968. The molecule has 3 aromatic rings. The van der Waals surface area contributed by atoms with Gasteiger partial charge in [-0.25, -0.2) is 13.8 Å². The van der Waals surface area contributed by atoms with Crippen molar-refractivity contribution in [1.82, 2.24) is 9.97 Å². The molecule has 158 valence electrons. The zero-order valence-electron chi connectivity index (χ0n) is 16.8. The molecule has 1 aliphatic rings. The minimum absolute atomic E-state index is 0.0402. The van der Waals surface area contributed by atoms with E-state index in [9.17, 15) is 18.7 Å². The average Bonchev–Trinajstić information content (AvgIpc) is 2.74. The molecule has 6 nitrogen and oxygen atoms in total. The lowest BCUT2D eigenvalue weighted by molar-refractivity contribution is 0.0629. The molecule has 8 heteroatoms. The number of fused-ring (bicyclic) bond motifs is 1. The van der Waals surface area contributed by atoms with E-state index in [4.69, 9.17) is 4.74 Å². The molecule has 0 saturated heterocycles. The Morgan fingerprint density at radius 3 is 2.48 bits per heavy atom. The van der Waals surface area contributed by atoms with Crippen LogP contribution in [0.15, 0.2) is 54.9 Å². The van der Waals surface area contributed by atoms with Crippen molar-refractivity contribution in [1.29, 1.82) is 0 Å². The van der Waals surface area contributed by atoms with Crippen molar-refractivity contribution < 1.29 is 23.4 Å². The van der Waals surface area contributed by atoms with E-state index in [0.29, 0.717) is 17.0 Å². The van der Waals surface area contributed by atoms with Crippen LogP contribution in [0.1, 0.15) is 34.1 Å². The van der Waals surface area contributed by atoms with Gasteiger partial charge in [-0.2, -0.15) is 0 Å². The average molecular weight is 423 g/mol. The van der Waals surface area contributed by atoms with Crippen LogP contribution in [0, 0.1) is 18.6 Å². The van der Waals surface area contributed by atoms with Crippen LogP contribution in [0.5, 0.6) is 5.75 Å².